The molecular formula is C15H24ClNO. The molecule has 1 aromatic carbocycles. The average molecular weight is 270 g/mol. The summed E-state index contributed by atoms with van der Waals surface area (Å²) in [7, 11) is 1.66. The normalized spacial score (nSPS) is 14.3. The van der Waals surface area contributed by atoms with Gasteiger partial charge in [-0.15, -0.1) is 0 Å². The molecule has 0 bridgehead atoms. The summed E-state index contributed by atoms with van der Waals surface area (Å²) in [5.41, 5.74) is 1.17. The SMILES string of the molecule is CCCC(C)C(NCC)c1ccc(OC)cc1Cl. The first-order valence-corrected chi connectivity index (χ1v) is 7.08. The highest BCUT2D eigenvalue weighted by Crippen LogP contribution is 2.32. The lowest BCUT2D eigenvalue weighted by molar-refractivity contribution is 0.368. The van der Waals surface area contributed by atoms with Crippen LogP contribution in [0.1, 0.15) is 45.2 Å². The minimum absolute atomic E-state index is 0.313. The third-order valence-electron chi connectivity index (χ3n) is 3.28. The van der Waals surface area contributed by atoms with Crippen LogP contribution >= 0.6 is 11.6 Å². The van der Waals surface area contributed by atoms with Crippen LogP contribution in [-0.4, -0.2) is 13.7 Å². The van der Waals surface area contributed by atoms with Gasteiger partial charge in [0, 0.05) is 11.1 Å². The Hall–Kier alpha value is -0.730. The second kappa shape index (κ2) is 7.65. The van der Waals surface area contributed by atoms with E-state index < -0.39 is 0 Å². The largest absolute Gasteiger partial charge is 0.497 e. The fourth-order valence-electron chi connectivity index (χ4n) is 2.35. The van der Waals surface area contributed by atoms with Crippen LogP contribution in [0.3, 0.4) is 0 Å². The van der Waals surface area contributed by atoms with E-state index in [9.17, 15) is 0 Å². The molecule has 3 heteroatoms. The topological polar surface area (TPSA) is 21.3 Å². The number of methoxy groups -OCH3 is 1. The monoisotopic (exact) mass is 269 g/mol. The smallest absolute Gasteiger partial charge is 0.120 e. The van der Waals surface area contributed by atoms with Crippen LogP contribution in [0.25, 0.3) is 0 Å². The minimum Gasteiger partial charge on any atom is -0.497 e. The second-order valence-corrected chi connectivity index (χ2v) is 5.10. The van der Waals surface area contributed by atoms with E-state index in [0.717, 1.165) is 17.3 Å². The van der Waals surface area contributed by atoms with Crippen molar-refractivity contribution in [2.45, 2.75) is 39.7 Å². The highest BCUT2D eigenvalue weighted by atomic mass is 35.5. The number of hydrogen-bond donors (Lipinski definition) is 1. The van der Waals surface area contributed by atoms with Crippen LogP contribution in [-0.2, 0) is 0 Å². The first kappa shape index (κ1) is 15.3. The summed E-state index contributed by atoms with van der Waals surface area (Å²) in [6, 6.07) is 6.25. The van der Waals surface area contributed by atoms with E-state index in [1.165, 1.54) is 18.4 Å². The summed E-state index contributed by atoms with van der Waals surface area (Å²) in [6.07, 6.45) is 2.39. The molecule has 0 aromatic heterocycles. The zero-order valence-electron chi connectivity index (χ0n) is 11.8. The van der Waals surface area contributed by atoms with E-state index >= 15 is 0 Å². The Balaban J connectivity index is 2.97. The quantitative estimate of drug-likeness (QED) is 0.790. The molecule has 18 heavy (non-hydrogen) atoms. The molecule has 1 N–H and O–H groups in total. The summed E-state index contributed by atoms with van der Waals surface area (Å²) in [5, 5.41) is 4.32. The van der Waals surface area contributed by atoms with Gasteiger partial charge in [0.25, 0.3) is 0 Å². The number of ether oxygens (including phenoxy) is 1. The Morgan fingerprint density at radius 1 is 1.33 bits per heavy atom. The summed E-state index contributed by atoms with van der Waals surface area (Å²) >= 11 is 6.36. The minimum atomic E-state index is 0.313. The fraction of sp³-hybridized carbons (Fsp3) is 0.600. The number of hydrogen-bond acceptors (Lipinski definition) is 2. The van der Waals surface area contributed by atoms with Gasteiger partial charge < -0.3 is 10.1 Å². The third-order valence-corrected chi connectivity index (χ3v) is 3.61. The maximum absolute atomic E-state index is 6.36. The number of nitrogens with one attached hydrogen (secondary N) is 1. The molecule has 0 fully saturated rings. The first-order valence-electron chi connectivity index (χ1n) is 6.70. The van der Waals surface area contributed by atoms with Gasteiger partial charge in [-0.05, 0) is 36.6 Å². The molecule has 0 saturated carbocycles. The van der Waals surface area contributed by atoms with Crippen LogP contribution < -0.4 is 10.1 Å². The van der Waals surface area contributed by atoms with E-state index in [1.54, 1.807) is 7.11 Å². The van der Waals surface area contributed by atoms with Gasteiger partial charge in [-0.25, -0.2) is 0 Å². The molecule has 0 heterocycles. The average Bonchev–Trinajstić information content (AvgIpc) is 2.36. The summed E-state index contributed by atoms with van der Waals surface area (Å²) < 4.78 is 5.19. The highest BCUT2D eigenvalue weighted by molar-refractivity contribution is 6.31. The molecule has 0 aliphatic heterocycles. The molecule has 102 valence electrons. The molecule has 0 amide bonds. The van der Waals surface area contributed by atoms with E-state index in [4.69, 9.17) is 16.3 Å². The number of halogens is 1. The van der Waals surface area contributed by atoms with Crippen molar-refractivity contribution in [3.8, 4) is 5.75 Å². The van der Waals surface area contributed by atoms with E-state index in [1.807, 2.05) is 12.1 Å². The predicted molar refractivity (Wildman–Crippen MR) is 78.5 cm³/mol. The predicted octanol–water partition coefficient (Wildman–Crippen LogP) is 4.44. The Morgan fingerprint density at radius 3 is 2.56 bits per heavy atom. The lowest BCUT2D eigenvalue weighted by Crippen LogP contribution is -2.27. The first-order chi connectivity index (χ1) is 8.63. The maximum atomic E-state index is 6.36. The summed E-state index contributed by atoms with van der Waals surface area (Å²) in [6.45, 7) is 7.57. The van der Waals surface area contributed by atoms with E-state index in [0.29, 0.717) is 12.0 Å². The number of rotatable bonds is 7. The zero-order valence-corrected chi connectivity index (χ0v) is 12.6. The second-order valence-electron chi connectivity index (χ2n) is 4.69. The fourth-order valence-corrected chi connectivity index (χ4v) is 2.63. The molecule has 2 atom stereocenters. The van der Waals surface area contributed by atoms with Crippen molar-refractivity contribution in [1.82, 2.24) is 5.32 Å². The standard InChI is InChI=1S/C15H24ClNO/c1-5-7-11(3)15(17-6-2)13-9-8-12(18-4)10-14(13)16/h8-11,15,17H,5-7H2,1-4H3. The number of benzene rings is 1. The molecule has 0 spiro atoms. The van der Waals surface area contributed by atoms with Gasteiger partial charge in [-0.3, -0.25) is 0 Å². The van der Waals surface area contributed by atoms with Crippen molar-refractivity contribution in [2.24, 2.45) is 5.92 Å². The highest BCUT2D eigenvalue weighted by Gasteiger charge is 2.20. The van der Waals surface area contributed by atoms with Gasteiger partial charge in [0.05, 0.1) is 7.11 Å². The zero-order chi connectivity index (χ0) is 13.5. The maximum Gasteiger partial charge on any atom is 0.120 e. The molecule has 0 radical (unpaired) electrons. The molecule has 0 aliphatic rings. The Morgan fingerprint density at radius 2 is 2.06 bits per heavy atom. The van der Waals surface area contributed by atoms with E-state index in [-0.39, 0.29) is 0 Å². The molecular weight excluding hydrogens is 246 g/mol. The van der Waals surface area contributed by atoms with Gasteiger partial charge in [-0.2, -0.15) is 0 Å². The van der Waals surface area contributed by atoms with Crippen molar-refractivity contribution >= 4 is 11.6 Å². The lowest BCUT2D eigenvalue weighted by Gasteiger charge is -2.26. The van der Waals surface area contributed by atoms with Gasteiger partial charge in [0.15, 0.2) is 0 Å². The lowest BCUT2D eigenvalue weighted by atomic mass is 9.91. The van der Waals surface area contributed by atoms with Gasteiger partial charge in [0.1, 0.15) is 5.75 Å². The van der Waals surface area contributed by atoms with Crippen LogP contribution in [0.5, 0.6) is 5.75 Å². The molecule has 0 aliphatic carbocycles. The van der Waals surface area contributed by atoms with Gasteiger partial charge >= 0.3 is 0 Å². The summed E-state index contributed by atoms with van der Waals surface area (Å²) in [4.78, 5) is 0. The van der Waals surface area contributed by atoms with Crippen molar-refractivity contribution in [2.75, 3.05) is 13.7 Å². The molecule has 1 rings (SSSR count). The third kappa shape index (κ3) is 3.89. The molecule has 2 unspecified atom stereocenters. The Labute approximate surface area is 116 Å². The molecule has 1 aromatic rings. The van der Waals surface area contributed by atoms with Crippen molar-refractivity contribution in [1.29, 1.82) is 0 Å². The Kier molecular flexibility index (Phi) is 6.51. The van der Waals surface area contributed by atoms with Crippen LogP contribution in [0, 0.1) is 5.92 Å². The molecule has 0 saturated heterocycles. The van der Waals surface area contributed by atoms with Gasteiger partial charge in [-0.1, -0.05) is 44.9 Å². The van der Waals surface area contributed by atoms with Crippen LogP contribution in [0.4, 0.5) is 0 Å². The Bertz CT molecular complexity index is 368. The van der Waals surface area contributed by atoms with Crippen LogP contribution in [0.15, 0.2) is 18.2 Å². The van der Waals surface area contributed by atoms with Crippen molar-refractivity contribution in [3.63, 3.8) is 0 Å². The van der Waals surface area contributed by atoms with Gasteiger partial charge in [0.2, 0.25) is 0 Å². The summed E-state index contributed by atoms with van der Waals surface area (Å²) in [5.74, 6) is 1.38. The van der Waals surface area contributed by atoms with Crippen molar-refractivity contribution < 1.29 is 4.74 Å². The molecule has 2 nitrogen and oxygen atoms in total. The van der Waals surface area contributed by atoms with E-state index in [2.05, 4.69) is 32.2 Å². The van der Waals surface area contributed by atoms with Crippen LogP contribution in [0.2, 0.25) is 5.02 Å². The van der Waals surface area contributed by atoms with Crippen molar-refractivity contribution in [3.05, 3.63) is 28.8 Å².